The summed E-state index contributed by atoms with van der Waals surface area (Å²) in [5, 5.41) is 26.4. The van der Waals surface area contributed by atoms with Crippen molar-refractivity contribution < 1.29 is 57.2 Å². The molecule has 3 rings (SSSR count). The lowest BCUT2D eigenvalue weighted by Crippen LogP contribution is -2.56. The van der Waals surface area contributed by atoms with Gasteiger partial charge in [-0.05, 0) is 67.4 Å². The second-order valence-electron chi connectivity index (χ2n) is 14.4. The minimum absolute atomic E-state index is 0.159. The molecule has 286 valence electrons. The molecule has 51 heavy (non-hydrogen) atoms. The van der Waals surface area contributed by atoms with Crippen LogP contribution in [0.3, 0.4) is 0 Å². The van der Waals surface area contributed by atoms with Crippen LogP contribution >= 0.6 is 0 Å². The zero-order valence-corrected chi connectivity index (χ0v) is 29.7. The van der Waals surface area contributed by atoms with Crippen LogP contribution in [0.5, 0.6) is 0 Å². The Labute approximate surface area is 293 Å². The third-order valence-corrected chi connectivity index (χ3v) is 7.77. The minimum Gasteiger partial charge on any atom is -0.460 e. The summed E-state index contributed by atoms with van der Waals surface area (Å²) in [6, 6.07) is -2.36. The second kappa shape index (κ2) is 16.5. The number of alkyl halides is 2. The molecule has 17 nitrogen and oxygen atoms in total. The second-order valence-corrected chi connectivity index (χ2v) is 14.4. The van der Waals surface area contributed by atoms with Gasteiger partial charge in [-0.2, -0.15) is 13.8 Å². The number of ether oxygens (including phenoxy) is 3. The third kappa shape index (κ3) is 11.2. The summed E-state index contributed by atoms with van der Waals surface area (Å²) in [6.07, 6.45) is -5.18. The molecule has 3 heterocycles. The molecule has 2 saturated heterocycles. The van der Waals surface area contributed by atoms with E-state index in [1.807, 2.05) is 0 Å². The van der Waals surface area contributed by atoms with E-state index in [2.05, 4.69) is 20.9 Å². The van der Waals surface area contributed by atoms with Crippen LogP contribution in [0.1, 0.15) is 80.4 Å². The minimum atomic E-state index is -3.92. The Morgan fingerprint density at radius 2 is 1.76 bits per heavy atom. The van der Waals surface area contributed by atoms with E-state index in [-0.39, 0.29) is 38.2 Å². The molecule has 0 aromatic carbocycles. The molecular formula is C32H48F2N6O11. The van der Waals surface area contributed by atoms with Crippen LogP contribution < -0.4 is 21.6 Å². The van der Waals surface area contributed by atoms with Crippen molar-refractivity contribution in [2.45, 2.75) is 128 Å². The van der Waals surface area contributed by atoms with Crippen molar-refractivity contribution in [2.24, 2.45) is 0 Å². The lowest BCUT2D eigenvalue weighted by atomic mass is 10.1. The standard InChI is InChI=1S/C32H48F2N6O11/c1-17(35-25(45)18(16-49-30(2,3)4)36-22(42)10-11-23(43)51-31(5,6)7)27(47)39-13-8-9-19(39)26(46)37-21-12-14-40(29(48)38-21)28-32(33,34)24(44)20(15-41)50-28/h12,14,17-20,24,28,41,44H,8-11,13,15-16H2,1-7H3,(H,35,45)(H,36,42)(H,37,38,46,48)/t17-,18+,19+,20?,24?,28?/m1/s1. The molecule has 0 bridgehead atoms. The number of hydrogen-bond acceptors (Lipinski definition) is 12. The Morgan fingerprint density at radius 1 is 1.10 bits per heavy atom. The highest BCUT2D eigenvalue weighted by Gasteiger charge is 2.59. The van der Waals surface area contributed by atoms with Crippen molar-refractivity contribution in [1.82, 2.24) is 25.1 Å². The quantitative estimate of drug-likeness (QED) is 0.169. The average Bonchev–Trinajstić information content (AvgIpc) is 3.59. The van der Waals surface area contributed by atoms with E-state index in [4.69, 9.17) is 14.2 Å². The molecule has 2 aliphatic rings. The number of anilines is 1. The molecule has 2 aliphatic heterocycles. The van der Waals surface area contributed by atoms with Gasteiger partial charge in [0.1, 0.15) is 35.6 Å². The zero-order chi connectivity index (χ0) is 38.5. The summed E-state index contributed by atoms with van der Waals surface area (Å²) in [5.74, 6) is -7.52. The van der Waals surface area contributed by atoms with Crippen LogP contribution in [0.25, 0.3) is 0 Å². The molecule has 0 radical (unpaired) electrons. The Balaban J connectivity index is 1.64. The number of likely N-dealkylation sites (tertiary alicyclic amines) is 1. The van der Waals surface area contributed by atoms with Gasteiger partial charge in [-0.1, -0.05) is 0 Å². The number of aliphatic hydroxyl groups excluding tert-OH is 2. The van der Waals surface area contributed by atoms with Crippen molar-refractivity contribution in [2.75, 3.05) is 25.1 Å². The van der Waals surface area contributed by atoms with Crippen LogP contribution in [-0.4, -0.2) is 121 Å². The molecule has 2 fully saturated rings. The Bertz CT molecular complexity index is 1510. The van der Waals surface area contributed by atoms with Gasteiger partial charge in [-0.25, -0.2) is 4.79 Å². The summed E-state index contributed by atoms with van der Waals surface area (Å²) in [5.41, 5.74) is -2.65. The van der Waals surface area contributed by atoms with Crippen LogP contribution in [0.2, 0.25) is 0 Å². The van der Waals surface area contributed by atoms with Gasteiger partial charge in [0.2, 0.25) is 29.9 Å². The topological polar surface area (TPSA) is 228 Å². The van der Waals surface area contributed by atoms with Crippen molar-refractivity contribution >= 4 is 35.4 Å². The number of esters is 1. The number of aliphatic hydroxyl groups is 2. The number of hydrogen-bond donors (Lipinski definition) is 5. The first-order valence-corrected chi connectivity index (χ1v) is 16.5. The van der Waals surface area contributed by atoms with Gasteiger partial charge in [0, 0.05) is 19.2 Å². The van der Waals surface area contributed by atoms with Crippen LogP contribution in [-0.2, 0) is 38.2 Å². The molecule has 1 aromatic heterocycles. The Hall–Kier alpha value is -4.07. The fourth-order valence-electron chi connectivity index (χ4n) is 5.31. The fraction of sp³-hybridized carbons (Fsp3) is 0.719. The van der Waals surface area contributed by atoms with Crippen LogP contribution in [0.15, 0.2) is 17.1 Å². The summed E-state index contributed by atoms with van der Waals surface area (Å²) in [7, 11) is 0. The van der Waals surface area contributed by atoms with E-state index in [9.17, 15) is 47.8 Å². The largest absolute Gasteiger partial charge is 0.460 e. The van der Waals surface area contributed by atoms with Gasteiger partial charge in [0.25, 0.3) is 0 Å². The van der Waals surface area contributed by atoms with Crippen molar-refractivity contribution in [3.63, 3.8) is 0 Å². The summed E-state index contributed by atoms with van der Waals surface area (Å²) < 4.78 is 45.4. The third-order valence-electron chi connectivity index (χ3n) is 7.77. The summed E-state index contributed by atoms with van der Waals surface area (Å²) in [6.45, 7) is 10.7. The van der Waals surface area contributed by atoms with E-state index in [1.54, 1.807) is 41.5 Å². The molecule has 0 spiro atoms. The predicted molar refractivity (Wildman–Crippen MR) is 174 cm³/mol. The molecule has 0 aliphatic carbocycles. The molecule has 4 amide bonds. The van der Waals surface area contributed by atoms with Gasteiger partial charge in [-0.3, -0.25) is 28.5 Å². The lowest BCUT2D eigenvalue weighted by Gasteiger charge is -2.29. The number of halogens is 2. The molecular weight excluding hydrogens is 682 g/mol. The molecule has 3 unspecified atom stereocenters. The molecule has 6 atom stereocenters. The van der Waals surface area contributed by atoms with Crippen LogP contribution in [0, 0.1) is 0 Å². The Kier molecular flexibility index (Phi) is 13.4. The number of nitrogens with zero attached hydrogens (tertiary/aromatic N) is 3. The van der Waals surface area contributed by atoms with E-state index in [1.165, 1.54) is 11.8 Å². The normalized spacial score (nSPS) is 22.9. The van der Waals surface area contributed by atoms with Gasteiger partial charge in [0.05, 0.1) is 25.2 Å². The fourth-order valence-corrected chi connectivity index (χ4v) is 5.31. The van der Waals surface area contributed by atoms with Gasteiger partial charge < -0.3 is 45.3 Å². The predicted octanol–water partition coefficient (Wildman–Crippen LogP) is -0.0148. The maximum absolute atomic E-state index is 14.5. The highest BCUT2D eigenvalue weighted by Crippen LogP contribution is 2.42. The first-order valence-electron chi connectivity index (χ1n) is 16.5. The first-order chi connectivity index (χ1) is 23.5. The average molecular weight is 731 g/mol. The van der Waals surface area contributed by atoms with Gasteiger partial charge in [0.15, 0.2) is 6.10 Å². The number of carbonyl (C=O) groups excluding carboxylic acids is 5. The SMILES string of the molecule is C[C@@H](NC(=O)[C@H](COC(C)(C)C)NC(=O)CCC(=O)OC(C)(C)C)C(=O)N1CCC[C@H]1C(=O)Nc1ccn(C2OC(CO)C(O)C2(F)F)c(=O)n1. The summed E-state index contributed by atoms with van der Waals surface area (Å²) in [4.78, 5) is 82.1. The maximum Gasteiger partial charge on any atom is 0.351 e. The van der Waals surface area contributed by atoms with Crippen molar-refractivity contribution in [1.29, 1.82) is 0 Å². The highest BCUT2D eigenvalue weighted by atomic mass is 19.3. The number of aromatic nitrogens is 2. The number of rotatable bonds is 13. The lowest BCUT2D eigenvalue weighted by molar-refractivity contribution is -0.155. The van der Waals surface area contributed by atoms with Crippen molar-refractivity contribution in [3.05, 3.63) is 22.7 Å². The smallest absolute Gasteiger partial charge is 0.351 e. The number of amides is 4. The van der Waals surface area contributed by atoms with E-state index in [0.717, 1.165) is 12.3 Å². The molecule has 19 heteroatoms. The number of carbonyl (C=O) groups is 5. The first kappa shape index (κ1) is 41.4. The van der Waals surface area contributed by atoms with E-state index >= 15 is 0 Å². The molecule has 5 N–H and O–H groups in total. The molecule has 0 saturated carbocycles. The van der Waals surface area contributed by atoms with E-state index < -0.39 is 95.6 Å². The summed E-state index contributed by atoms with van der Waals surface area (Å²) >= 11 is 0. The van der Waals surface area contributed by atoms with E-state index in [0.29, 0.717) is 11.0 Å². The maximum atomic E-state index is 14.5. The van der Waals surface area contributed by atoms with Gasteiger partial charge >= 0.3 is 17.6 Å². The monoisotopic (exact) mass is 730 g/mol. The van der Waals surface area contributed by atoms with Crippen molar-refractivity contribution in [3.8, 4) is 0 Å². The number of nitrogens with one attached hydrogen (secondary N) is 3. The Morgan fingerprint density at radius 3 is 2.33 bits per heavy atom. The zero-order valence-electron chi connectivity index (χ0n) is 29.7. The highest BCUT2D eigenvalue weighted by molar-refractivity contribution is 5.98. The molecule has 1 aromatic rings. The van der Waals surface area contributed by atoms with Crippen LogP contribution in [0.4, 0.5) is 14.6 Å². The van der Waals surface area contributed by atoms with Gasteiger partial charge in [-0.15, -0.1) is 0 Å².